The molecule has 0 bridgehead atoms. The van der Waals surface area contributed by atoms with Gasteiger partial charge in [0.25, 0.3) is 5.91 Å². The van der Waals surface area contributed by atoms with Crippen molar-refractivity contribution >= 4 is 33.3 Å². The summed E-state index contributed by atoms with van der Waals surface area (Å²) < 4.78 is 0.984. The summed E-state index contributed by atoms with van der Waals surface area (Å²) in [7, 11) is 0. The summed E-state index contributed by atoms with van der Waals surface area (Å²) in [6.07, 6.45) is 5.32. The fraction of sp³-hybridized carbons (Fsp3) is 0.333. The summed E-state index contributed by atoms with van der Waals surface area (Å²) in [6.45, 7) is 3.95. The van der Waals surface area contributed by atoms with Gasteiger partial charge in [-0.05, 0) is 56.0 Å². The number of aryl methyl sites for hydroxylation is 1. The quantitative estimate of drug-likeness (QED) is 0.867. The van der Waals surface area contributed by atoms with Gasteiger partial charge in [0.1, 0.15) is 5.82 Å². The van der Waals surface area contributed by atoms with Gasteiger partial charge in [0.15, 0.2) is 0 Å². The van der Waals surface area contributed by atoms with Crippen LogP contribution in [0, 0.1) is 6.92 Å². The van der Waals surface area contributed by atoms with E-state index in [1.54, 1.807) is 6.20 Å². The van der Waals surface area contributed by atoms with Crippen LogP contribution < -0.4 is 10.2 Å². The van der Waals surface area contributed by atoms with Crippen molar-refractivity contribution in [2.24, 2.45) is 0 Å². The third-order valence-electron chi connectivity index (χ3n) is 4.12. The first-order chi connectivity index (χ1) is 11.1. The summed E-state index contributed by atoms with van der Waals surface area (Å²) in [5, 5.41) is 2.97. The number of nitrogens with zero attached hydrogens (tertiary/aromatic N) is 2. The molecule has 1 aromatic heterocycles. The van der Waals surface area contributed by atoms with E-state index >= 15 is 0 Å². The van der Waals surface area contributed by atoms with Crippen molar-refractivity contribution in [3.05, 3.63) is 52.1 Å². The second-order valence-electron chi connectivity index (χ2n) is 5.84. The fourth-order valence-corrected chi connectivity index (χ4v) is 3.18. The molecule has 1 fully saturated rings. The van der Waals surface area contributed by atoms with Gasteiger partial charge in [0.05, 0.1) is 5.56 Å². The van der Waals surface area contributed by atoms with E-state index < -0.39 is 0 Å². The number of benzene rings is 1. The Morgan fingerprint density at radius 1 is 1.22 bits per heavy atom. The lowest BCUT2D eigenvalue weighted by atomic mass is 10.1. The monoisotopic (exact) mass is 373 g/mol. The normalized spacial score (nSPS) is 14.6. The zero-order valence-electron chi connectivity index (χ0n) is 13.2. The Morgan fingerprint density at radius 3 is 2.74 bits per heavy atom. The number of carbonyl (C=O) groups excluding carboxylic acids is 1. The van der Waals surface area contributed by atoms with Crippen LogP contribution in [0.25, 0.3) is 0 Å². The van der Waals surface area contributed by atoms with Gasteiger partial charge in [-0.2, -0.15) is 0 Å². The van der Waals surface area contributed by atoms with Crippen LogP contribution in [-0.4, -0.2) is 24.0 Å². The van der Waals surface area contributed by atoms with Gasteiger partial charge < -0.3 is 10.2 Å². The number of pyridine rings is 1. The van der Waals surface area contributed by atoms with Crippen molar-refractivity contribution in [3.63, 3.8) is 0 Å². The number of amides is 1. The van der Waals surface area contributed by atoms with E-state index in [-0.39, 0.29) is 5.91 Å². The first-order valence-electron chi connectivity index (χ1n) is 7.92. The molecule has 1 aromatic carbocycles. The molecular formula is C18H20BrN3O. The number of piperidine rings is 1. The van der Waals surface area contributed by atoms with Gasteiger partial charge >= 0.3 is 0 Å². The lowest BCUT2D eigenvalue weighted by Gasteiger charge is -2.29. The van der Waals surface area contributed by atoms with E-state index in [1.807, 2.05) is 37.3 Å². The fourth-order valence-electron chi connectivity index (χ4n) is 2.80. The predicted octanol–water partition coefficient (Wildman–Crippen LogP) is 4.40. The average Bonchev–Trinajstić information content (AvgIpc) is 2.59. The van der Waals surface area contributed by atoms with Crippen LogP contribution in [-0.2, 0) is 0 Å². The van der Waals surface area contributed by atoms with Gasteiger partial charge in [0.2, 0.25) is 0 Å². The van der Waals surface area contributed by atoms with Gasteiger partial charge in [-0.25, -0.2) is 4.98 Å². The van der Waals surface area contributed by atoms with Crippen LogP contribution in [0.4, 0.5) is 11.5 Å². The molecule has 3 rings (SSSR count). The first kappa shape index (κ1) is 16.0. The lowest BCUT2D eigenvalue weighted by Crippen LogP contribution is -2.32. The molecule has 2 heterocycles. The smallest absolute Gasteiger partial charge is 0.259 e. The Hall–Kier alpha value is -1.88. The number of hydrogen-bond acceptors (Lipinski definition) is 3. The SMILES string of the molecule is Cc1ccc(NC(=O)c2cccnc2N2CCCCC2)cc1Br. The Balaban J connectivity index is 1.83. The summed E-state index contributed by atoms with van der Waals surface area (Å²) in [6, 6.07) is 9.47. The minimum atomic E-state index is -0.116. The van der Waals surface area contributed by atoms with E-state index in [0.717, 1.165) is 47.5 Å². The average molecular weight is 374 g/mol. The molecule has 23 heavy (non-hydrogen) atoms. The molecule has 0 unspecified atom stereocenters. The molecule has 5 heteroatoms. The lowest BCUT2D eigenvalue weighted by molar-refractivity contribution is 0.102. The molecule has 4 nitrogen and oxygen atoms in total. The van der Waals surface area contributed by atoms with Crippen molar-refractivity contribution in [1.29, 1.82) is 0 Å². The molecule has 120 valence electrons. The Labute approximate surface area is 145 Å². The van der Waals surface area contributed by atoms with Crippen molar-refractivity contribution in [1.82, 2.24) is 4.98 Å². The molecule has 0 radical (unpaired) electrons. The molecule has 1 saturated heterocycles. The number of nitrogens with one attached hydrogen (secondary N) is 1. The van der Waals surface area contributed by atoms with E-state index in [1.165, 1.54) is 6.42 Å². The molecule has 0 aliphatic carbocycles. The van der Waals surface area contributed by atoms with Gasteiger partial charge in [-0.15, -0.1) is 0 Å². The molecule has 2 aromatic rings. The van der Waals surface area contributed by atoms with E-state index in [0.29, 0.717) is 5.56 Å². The van der Waals surface area contributed by atoms with E-state index in [2.05, 4.69) is 31.1 Å². The van der Waals surface area contributed by atoms with Crippen LogP contribution in [0.2, 0.25) is 0 Å². The predicted molar refractivity (Wildman–Crippen MR) is 97.1 cm³/mol. The van der Waals surface area contributed by atoms with Crippen molar-refractivity contribution in [3.8, 4) is 0 Å². The highest BCUT2D eigenvalue weighted by molar-refractivity contribution is 9.10. The second-order valence-corrected chi connectivity index (χ2v) is 6.69. The minimum absolute atomic E-state index is 0.116. The summed E-state index contributed by atoms with van der Waals surface area (Å²) >= 11 is 3.50. The van der Waals surface area contributed by atoms with Crippen molar-refractivity contribution in [2.75, 3.05) is 23.3 Å². The maximum absolute atomic E-state index is 12.7. The molecule has 0 saturated carbocycles. The maximum Gasteiger partial charge on any atom is 0.259 e. The molecule has 1 aliphatic rings. The van der Waals surface area contributed by atoms with Crippen LogP contribution >= 0.6 is 15.9 Å². The molecule has 1 amide bonds. The van der Waals surface area contributed by atoms with Crippen LogP contribution in [0.15, 0.2) is 41.0 Å². The Bertz CT molecular complexity index is 711. The van der Waals surface area contributed by atoms with E-state index in [4.69, 9.17) is 0 Å². The largest absolute Gasteiger partial charge is 0.356 e. The molecule has 1 N–H and O–H groups in total. The first-order valence-corrected chi connectivity index (χ1v) is 8.72. The highest BCUT2D eigenvalue weighted by Gasteiger charge is 2.19. The number of carbonyl (C=O) groups is 1. The number of rotatable bonds is 3. The van der Waals surface area contributed by atoms with Crippen LogP contribution in [0.1, 0.15) is 35.2 Å². The standard InChI is InChI=1S/C18H20BrN3O/c1-13-7-8-14(12-16(13)19)21-18(23)15-6-5-9-20-17(15)22-10-3-2-4-11-22/h5-9,12H,2-4,10-11H2,1H3,(H,21,23). The highest BCUT2D eigenvalue weighted by atomic mass is 79.9. The van der Waals surface area contributed by atoms with Gasteiger partial charge in [0, 0.05) is 29.4 Å². The molecule has 1 aliphatic heterocycles. The summed E-state index contributed by atoms with van der Waals surface area (Å²) in [4.78, 5) is 19.3. The zero-order valence-corrected chi connectivity index (χ0v) is 14.8. The summed E-state index contributed by atoms with van der Waals surface area (Å²) in [5.41, 5.74) is 2.55. The van der Waals surface area contributed by atoms with Gasteiger partial charge in [-0.1, -0.05) is 22.0 Å². The van der Waals surface area contributed by atoms with E-state index in [9.17, 15) is 4.79 Å². The zero-order chi connectivity index (χ0) is 16.2. The third kappa shape index (κ3) is 3.72. The molecule has 0 atom stereocenters. The number of aromatic nitrogens is 1. The third-order valence-corrected chi connectivity index (χ3v) is 4.97. The van der Waals surface area contributed by atoms with Gasteiger partial charge in [-0.3, -0.25) is 4.79 Å². The minimum Gasteiger partial charge on any atom is -0.356 e. The second kappa shape index (κ2) is 7.13. The number of anilines is 2. The number of halogens is 1. The Kier molecular flexibility index (Phi) is 4.96. The topological polar surface area (TPSA) is 45.2 Å². The number of hydrogen-bond donors (Lipinski definition) is 1. The molecular weight excluding hydrogens is 354 g/mol. The maximum atomic E-state index is 12.7. The highest BCUT2D eigenvalue weighted by Crippen LogP contribution is 2.24. The summed E-state index contributed by atoms with van der Waals surface area (Å²) in [5.74, 6) is 0.672. The van der Waals surface area contributed by atoms with Crippen molar-refractivity contribution in [2.45, 2.75) is 26.2 Å². The van der Waals surface area contributed by atoms with Crippen LogP contribution in [0.3, 0.4) is 0 Å². The van der Waals surface area contributed by atoms with Crippen molar-refractivity contribution < 1.29 is 4.79 Å². The Morgan fingerprint density at radius 2 is 2.00 bits per heavy atom. The van der Waals surface area contributed by atoms with Crippen LogP contribution in [0.5, 0.6) is 0 Å². The molecule has 0 spiro atoms.